The van der Waals surface area contributed by atoms with Gasteiger partial charge in [0.05, 0.1) is 10.6 Å². The number of rotatable bonds is 4. The summed E-state index contributed by atoms with van der Waals surface area (Å²) in [6, 6.07) is 10.8. The number of amidine groups is 1. The molecule has 1 N–H and O–H groups in total. The van der Waals surface area contributed by atoms with Gasteiger partial charge in [-0.15, -0.1) is 0 Å². The first-order valence-corrected chi connectivity index (χ1v) is 10.1. The lowest BCUT2D eigenvalue weighted by molar-refractivity contribution is -0.385. The third-order valence-electron chi connectivity index (χ3n) is 4.69. The lowest BCUT2D eigenvalue weighted by Gasteiger charge is -2.21. The van der Waals surface area contributed by atoms with E-state index in [1.807, 2.05) is 0 Å². The van der Waals surface area contributed by atoms with Crippen LogP contribution in [0.25, 0.3) is 0 Å². The zero-order valence-corrected chi connectivity index (χ0v) is 18.9. The van der Waals surface area contributed by atoms with E-state index in [2.05, 4.69) is 9.98 Å². The van der Waals surface area contributed by atoms with E-state index in [0.29, 0.717) is 16.7 Å². The van der Waals surface area contributed by atoms with Crippen molar-refractivity contribution in [2.75, 3.05) is 0 Å². The largest absolute Gasteiger partial charge is 0.512 e. The van der Waals surface area contributed by atoms with E-state index in [1.165, 1.54) is 32.0 Å². The summed E-state index contributed by atoms with van der Waals surface area (Å²) in [6.07, 6.45) is 0. The number of hydrogen-bond donors (Lipinski definition) is 1. The molecule has 3 rings (SSSR count). The molecule has 9 nitrogen and oxygen atoms in total. The van der Waals surface area contributed by atoms with Gasteiger partial charge in [-0.25, -0.2) is 9.79 Å². The quantitative estimate of drug-likeness (QED) is 0.241. The molecule has 0 fully saturated rings. The molecule has 0 atom stereocenters. The van der Waals surface area contributed by atoms with Crippen molar-refractivity contribution in [2.24, 2.45) is 9.98 Å². The van der Waals surface area contributed by atoms with Crippen LogP contribution in [0.1, 0.15) is 54.7 Å². The van der Waals surface area contributed by atoms with Crippen LogP contribution in [0.3, 0.4) is 0 Å². The van der Waals surface area contributed by atoms with E-state index in [-0.39, 0.29) is 34.1 Å². The number of aliphatic imine (C=N–C) groups is 2. The summed E-state index contributed by atoms with van der Waals surface area (Å²) >= 11 is 0. The summed E-state index contributed by atoms with van der Waals surface area (Å²) in [5, 5.41) is 21.3. The summed E-state index contributed by atoms with van der Waals surface area (Å²) < 4.78 is 5.42. The van der Waals surface area contributed by atoms with E-state index < -0.39 is 22.4 Å². The molecule has 1 aliphatic heterocycles. The molecule has 1 amide bonds. The maximum Gasteiger partial charge on any atom is 0.344 e. The monoisotopic (exact) mass is 449 g/mol. The van der Waals surface area contributed by atoms with Crippen molar-refractivity contribution in [1.82, 2.24) is 0 Å². The van der Waals surface area contributed by atoms with E-state index in [1.54, 1.807) is 45.0 Å². The van der Waals surface area contributed by atoms with Crippen molar-refractivity contribution in [3.05, 3.63) is 86.2 Å². The van der Waals surface area contributed by atoms with Crippen LogP contribution in [0.15, 0.2) is 63.8 Å². The number of ether oxygens (including phenoxy) is 1. The van der Waals surface area contributed by atoms with Crippen LogP contribution in [0.5, 0.6) is 0 Å². The minimum Gasteiger partial charge on any atom is -0.512 e. The molecule has 9 heteroatoms. The number of nitrogens with zero attached hydrogens (tertiary/aromatic N) is 3. The number of amides is 1. The molecule has 0 aliphatic carbocycles. The van der Waals surface area contributed by atoms with Gasteiger partial charge in [0.25, 0.3) is 11.6 Å². The molecule has 0 radical (unpaired) electrons. The number of nitro benzene ring substituents is 1. The third-order valence-corrected chi connectivity index (χ3v) is 4.69. The van der Waals surface area contributed by atoms with Gasteiger partial charge in [0.1, 0.15) is 16.9 Å². The van der Waals surface area contributed by atoms with Crippen LogP contribution in [0.2, 0.25) is 0 Å². The van der Waals surface area contributed by atoms with Gasteiger partial charge in [0, 0.05) is 28.3 Å². The lowest BCUT2D eigenvalue weighted by atomic mass is 9.99. The Hall–Kier alpha value is -4.14. The number of nitro groups is 1. The molecule has 0 aromatic heterocycles. The predicted molar refractivity (Wildman–Crippen MR) is 123 cm³/mol. The smallest absolute Gasteiger partial charge is 0.344 e. The number of benzene rings is 2. The molecular formula is C24H23N3O6. The van der Waals surface area contributed by atoms with E-state index in [0.717, 1.165) is 0 Å². The Morgan fingerprint density at radius 1 is 1.12 bits per heavy atom. The number of esters is 1. The molecule has 2 aromatic carbocycles. The fourth-order valence-electron chi connectivity index (χ4n) is 3.29. The minimum absolute atomic E-state index is 0.0592. The number of carbonyl (C=O) groups is 2. The van der Waals surface area contributed by atoms with Gasteiger partial charge in [-0.3, -0.25) is 14.9 Å². The van der Waals surface area contributed by atoms with Crippen LogP contribution in [-0.2, 0) is 9.53 Å². The first-order chi connectivity index (χ1) is 15.4. The zero-order valence-electron chi connectivity index (χ0n) is 18.9. The highest BCUT2D eigenvalue weighted by molar-refractivity contribution is 6.36. The maximum atomic E-state index is 12.8. The van der Waals surface area contributed by atoms with Crippen LogP contribution in [0.4, 0.5) is 5.69 Å². The molecule has 170 valence electrons. The van der Waals surface area contributed by atoms with Crippen LogP contribution in [-0.4, -0.2) is 39.1 Å². The highest BCUT2D eigenvalue weighted by atomic mass is 16.6. The molecule has 0 saturated heterocycles. The van der Waals surface area contributed by atoms with Crippen molar-refractivity contribution < 1.29 is 24.4 Å². The van der Waals surface area contributed by atoms with E-state index in [4.69, 9.17) is 4.74 Å². The summed E-state index contributed by atoms with van der Waals surface area (Å²) in [5.74, 6) is -1.62. The van der Waals surface area contributed by atoms with Crippen molar-refractivity contribution in [1.29, 1.82) is 0 Å². The van der Waals surface area contributed by atoms with Crippen LogP contribution < -0.4 is 0 Å². The number of aryl methyl sites for hydroxylation is 1. The van der Waals surface area contributed by atoms with E-state index in [9.17, 15) is 24.8 Å². The fraction of sp³-hybridized carbons (Fsp3) is 0.250. The highest BCUT2D eigenvalue weighted by Gasteiger charge is 2.32. The Kier molecular flexibility index (Phi) is 6.25. The van der Waals surface area contributed by atoms with Crippen molar-refractivity contribution in [2.45, 2.75) is 40.2 Å². The average molecular weight is 449 g/mol. The number of fused-ring (bicyclic) bond motifs is 1. The predicted octanol–water partition coefficient (Wildman–Crippen LogP) is 4.47. The highest BCUT2D eigenvalue weighted by Crippen LogP contribution is 2.27. The van der Waals surface area contributed by atoms with Gasteiger partial charge in [0.15, 0.2) is 5.84 Å². The Morgan fingerprint density at radius 2 is 1.76 bits per heavy atom. The Labute approximate surface area is 190 Å². The normalized spacial score (nSPS) is 14.9. The van der Waals surface area contributed by atoms with Gasteiger partial charge in [-0.05, 0) is 46.8 Å². The summed E-state index contributed by atoms with van der Waals surface area (Å²) in [4.78, 5) is 44.6. The number of aliphatic hydroxyl groups is 1. The van der Waals surface area contributed by atoms with Crippen molar-refractivity contribution >= 4 is 29.1 Å². The maximum absolute atomic E-state index is 12.8. The first kappa shape index (κ1) is 23.5. The SMILES string of the molecule is CC(O)=C(C(=O)OC(C)(C)C)C1=NC(=NC(=O)c2ccc([N+](=O)[O-])c(C)c2)c2ccccc21. The molecule has 1 aliphatic rings. The fourth-order valence-corrected chi connectivity index (χ4v) is 3.29. The molecule has 0 unspecified atom stereocenters. The van der Waals surface area contributed by atoms with Crippen LogP contribution >= 0.6 is 0 Å². The van der Waals surface area contributed by atoms with Gasteiger partial charge < -0.3 is 9.84 Å². The lowest BCUT2D eigenvalue weighted by Crippen LogP contribution is -2.28. The van der Waals surface area contributed by atoms with Gasteiger partial charge in [-0.1, -0.05) is 24.3 Å². The summed E-state index contributed by atoms with van der Waals surface area (Å²) in [6.45, 7) is 8.00. The average Bonchev–Trinajstić information content (AvgIpc) is 3.04. The van der Waals surface area contributed by atoms with Crippen LogP contribution in [0, 0.1) is 17.0 Å². The molecular weight excluding hydrogens is 426 g/mol. The number of hydrogen-bond acceptors (Lipinski definition) is 6. The van der Waals surface area contributed by atoms with Gasteiger partial charge in [-0.2, -0.15) is 4.99 Å². The minimum atomic E-state index is -0.795. The van der Waals surface area contributed by atoms with Crippen molar-refractivity contribution in [3.63, 3.8) is 0 Å². The number of carbonyl (C=O) groups excluding carboxylic acids is 2. The molecule has 2 aromatic rings. The Bertz CT molecular complexity index is 1260. The number of allylic oxidation sites excluding steroid dienone is 1. The second-order valence-corrected chi connectivity index (χ2v) is 8.47. The third kappa shape index (κ3) is 5.03. The topological polar surface area (TPSA) is 131 Å². The molecule has 1 heterocycles. The second-order valence-electron chi connectivity index (χ2n) is 8.47. The zero-order chi connectivity index (χ0) is 24.5. The molecule has 33 heavy (non-hydrogen) atoms. The second kappa shape index (κ2) is 8.78. The Balaban J connectivity index is 2.07. The molecule has 0 saturated carbocycles. The Morgan fingerprint density at radius 3 is 2.30 bits per heavy atom. The summed E-state index contributed by atoms with van der Waals surface area (Å²) in [7, 11) is 0. The van der Waals surface area contributed by atoms with Crippen molar-refractivity contribution in [3.8, 4) is 0 Å². The molecule has 0 bridgehead atoms. The van der Waals surface area contributed by atoms with E-state index >= 15 is 0 Å². The van der Waals surface area contributed by atoms with Gasteiger partial charge >= 0.3 is 5.97 Å². The standard InChI is InChI=1S/C24H23N3O6/c1-13-12-15(10-11-18(13)27(31)32)22(29)26-21-17-9-7-6-8-16(17)20(25-21)19(14(2)28)23(30)33-24(3,4)5/h6-12,28H,1-5H3. The molecule has 0 spiro atoms. The summed E-state index contributed by atoms with van der Waals surface area (Å²) in [5.41, 5.74) is 0.627. The number of aliphatic hydroxyl groups excluding tert-OH is 1. The van der Waals surface area contributed by atoms with Gasteiger partial charge in [0.2, 0.25) is 0 Å². The first-order valence-electron chi connectivity index (χ1n) is 10.1.